The molecule has 0 atom stereocenters. The molecule has 0 spiro atoms. The van der Waals surface area contributed by atoms with Crippen LogP contribution in [0.25, 0.3) is 77.5 Å². The van der Waals surface area contributed by atoms with Crippen molar-refractivity contribution in [1.82, 2.24) is 18.9 Å². The summed E-state index contributed by atoms with van der Waals surface area (Å²) in [6.07, 6.45) is 1.81. The molecule has 4 heterocycles. The van der Waals surface area contributed by atoms with Crippen molar-refractivity contribution in [3.05, 3.63) is 170 Å². The third-order valence-corrected chi connectivity index (χ3v) is 9.20. The van der Waals surface area contributed by atoms with Gasteiger partial charge in [0.05, 0.1) is 17.0 Å². The predicted octanol–water partition coefficient (Wildman–Crippen LogP) is 10.9. The molecule has 4 aromatic heterocycles. The molecule has 0 unspecified atom stereocenters. The molecule has 238 valence electrons. The molecular weight excluding hydrogens is 796 g/mol. The Kier molecular flexibility index (Phi) is 7.30. The first-order chi connectivity index (χ1) is 24.3. The largest absolute Gasteiger partial charge is 2.00 e. The Morgan fingerprint density at radius 2 is 1.14 bits per heavy atom. The van der Waals surface area contributed by atoms with Gasteiger partial charge in [-0.25, -0.2) is 4.98 Å². The first-order valence-electron chi connectivity index (χ1n) is 16.3. The molecule has 0 saturated carbocycles. The maximum atomic E-state index is 6.57. The summed E-state index contributed by atoms with van der Waals surface area (Å²) in [5, 5.41) is 5.30. The fourth-order valence-electron chi connectivity index (χ4n) is 7.09. The van der Waals surface area contributed by atoms with Gasteiger partial charge >= 0.3 is 21.1 Å². The van der Waals surface area contributed by atoms with E-state index >= 15 is 0 Å². The zero-order valence-electron chi connectivity index (χ0n) is 26.5. The zero-order chi connectivity index (χ0) is 32.3. The van der Waals surface area contributed by atoms with E-state index in [1.807, 2.05) is 48.7 Å². The van der Waals surface area contributed by atoms with E-state index in [1.54, 1.807) is 0 Å². The van der Waals surface area contributed by atoms with Crippen molar-refractivity contribution in [2.45, 2.75) is 0 Å². The molecule has 0 N–H and O–H groups in total. The summed E-state index contributed by atoms with van der Waals surface area (Å²) in [5.41, 5.74) is 8.00. The van der Waals surface area contributed by atoms with Crippen molar-refractivity contribution in [2.24, 2.45) is 0 Å². The van der Waals surface area contributed by atoms with Crippen molar-refractivity contribution in [3.63, 3.8) is 0 Å². The molecule has 0 saturated heterocycles. The predicted molar refractivity (Wildman–Crippen MR) is 197 cm³/mol. The van der Waals surface area contributed by atoms with Gasteiger partial charge in [0, 0.05) is 34.3 Å². The number of imidazole rings is 1. The number of aromatic nitrogens is 4. The molecule has 50 heavy (non-hydrogen) atoms. The Bertz CT molecular complexity index is 2850. The monoisotopic (exact) mass is 821 g/mol. The van der Waals surface area contributed by atoms with Gasteiger partial charge in [-0.05, 0) is 40.6 Å². The van der Waals surface area contributed by atoms with Crippen molar-refractivity contribution in [1.29, 1.82) is 0 Å². The van der Waals surface area contributed by atoms with E-state index in [9.17, 15) is 0 Å². The van der Waals surface area contributed by atoms with E-state index in [1.165, 1.54) is 0 Å². The van der Waals surface area contributed by atoms with E-state index in [4.69, 9.17) is 9.72 Å². The topological polar surface area (TPSA) is 44.3 Å². The number of para-hydroxylation sites is 2. The minimum Gasteiger partial charge on any atom is -0.503 e. The average molecular weight is 822 g/mol. The van der Waals surface area contributed by atoms with Crippen molar-refractivity contribution in [3.8, 4) is 39.8 Å². The summed E-state index contributed by atoms with van der Waals surface area (Å²) in [6.45, 7) is 0. The molecule has 5 nitrogen and oxygen atoms in total. The molecule has 0 fully saturated rings. The van der Waals surface area contributed by atoms with E-state index in [0.29, 0.717) is 11.5 Å². The Morgan fingerprint density at radius 3 is 1.88 bits per heavy atom. The summed E-state index contributed by atoms with van der Waals surface area (Å²) < 4.78 is 11.0. The maximum Gasteiger partial charge on any atom is 2.00 e. The minimum atomic E-state index is 0. The molecule has 0 bridgehead atoms. The summed E-state index contributed by atoms with van der Waals surface area (Å²) in [4.78, 5) is 10.0. The van der Waals surface area contributed by atoms with E-state index in [2.05, 4.69) is 135 Å². The van der Waals surface area contributed by atoms with Crippen LogP contribution >= 0.6 is 0 Å². The molecule has 0 amide bonds. The van der Waals surface area contributed by atoms with Crippen LogP contribution in [0, 0.1) is 12.1 Å². The molecule has 0 radical (unpaired) electrons. The van der Waals surface area contributed by atoms with Crippen LogP contribution in [0.15, 0.2) is 158 Å². The van der Waals surface area contributed by atoms with Crippen LogP contribution in [0.5, 0.6) is 11.5 Å². The third kappa shape index (κ3) is 4.74. The number of fused-ring (bicyclic) bond motifs is 9. The van der Waals surface area contributed by atoms with E-state index < -0.39 is 0 Å². The van der Waals surface area contributed by atoms with Gasteiger partial charge in [0.15, 0.2) is 0 Å². The zero-order valence-corrected chi connectivity index (χ0v) is 28.8. The second kappa shape index (κ2) is 12.1. The van der Waals surface area contributed by atoms with Gasteiger partial charge in [-0.2, -0.15) is 6.07 Å². The van der Waals surface area contributed by atoms with E-state index in [0.717, 1.165) is 77.5 Å². The van der Waals surface area contributed by atoms with Crippen molar-refractivity contribution < 1.29 is 25.8 Å². The fraction of sp³-hybridized carbons (Fsp3) is 0. The number of hydrogen-bond acceptors (Lipinski definition) is 3. The van der Waals surface area contributed by atoms with Gasteiger partial charge in [-0.15, -0.1) is 29.7 Å². The van der Waals surface area contributed by atoms with Crippen LogP contribution in [0.4, 0.5) is 0 Å². The molecule has 6 aromatic carbocycles. The number of nitrogens with zero attached hydrogens (tertiary/aromatic N) is 4. The summed E-state index contributed by atoms with van der Waals surface area (Å²) >= 11 is 0. The van der Waals surface area contributed by atoms with Crippen LogP contribution in [-0.4, -0.2) is 18.9 Å². The van der Waals surface area contributed by atoms with Crippen molar-refractivity contribution >= 4 is 49.1 Å². The van der Waals surface area contributed by atoms with Gasteiger partial charge in [-0.1, -0.05) is 125 Å². The standard InChI is InChI=1S/C44H26N4O.Pt/c1-3-13-29(14-4-1)42-43(30-15-5-2-6-16-30)48-39-20-10-7-17-34(39)33-24-22-31(27-37(33)44(48)46-42)49-32-23-25-36-35-18-8-9-19-38(35)47(40(36)28-32)41-21-11-12-26-45-41;/h1-26H;/q-2;+2. The fourth-order valence-corrected chi connectivity index (χ4v) is 7.09. The number of rotatable bonds is 5. The Balaban J connectivity index is 0.00000336. The van der Waals surface area contributed by atoms with Crippen LogP contribution in [0.2, 0.25) is 0 Å². The Hall–Kier alpha value is -6.03. The number of pyridine rings is 2. The summed E-state index contributed by atoms with van der Waals surface area (Å²) in [6, 6.07) is 59.0. The molecule has 10 aromatic rings. The first kappa shape index (κ1) is 30.1. The second-order valence-electron chi connectivity index (χ2n) is 12.1. The Labute approximate surface area is 302 Å². The normalized spacial score (nSPS) is 11.4. The van der Waals surface area contributed by atoms with E-state index in [-0.39, 0.29) is 21.1 Å². The number of hydrogen-bond donors (Lipinski definition) is 0. The van der Waals surface area contributed by atoms with Gasteiger partial charge in [0.25, 0.3) is 0 Å². The maximum absolute atomic E-state index is 6.57. The van der Waals surface area contributed by atoms with Crippen LogP contribution in [-0.2, 0) is 21.1 Å². The third-order valence-electron chi connectivity index (χ3n) is 9.20. The summed E-state index contributed by atoms with van der Waals surface area (Å²) in [5.74, 6) is 2.01. The van der Waals surface area contributed by atoms with Gasteiger partial charge in [-0.3, -0.25) is 4.98 Å². The molecule has 0 aliphatic rings. The SMILES string of the molecule is [Pt+2].[c-]1c(Oc2[c-]c3c(cc2)c2ccccc2n3-c2ccccn2)ccc2c1c1nc(-c3ccccc3)c(-c3ccccc3)n1c1ccccc21. The molecule has 0 aliphatic heterocycles. The van der Waals surface area contributed by atoms with Gasteiger partial charge in [0.2, 0.25) is 0 Å². The van der Waals surface area contributed by atoms with Crippen molar-refractivity contribution in [2.75, 3.05) is 0 Å². The van der Waals surface area contributed by atoms with Crippen LogP contribution < -0.4 is 4.74 Å². The minimum absolute atomic E-state index is 0. The molecule has 10 rings (SSSR count). The Morgan fingerprint density at radius 1 is 0.520 bits per heavy atom. The average Bonchev–Trinajstić information content (AvgIpc) is 3.73. The molecule has 0 aliphatic carbocycles. The van der Waals surface area contributed by atoms with Crippen LogP contribution in [0.3, 0.4) is 0 Å². The second-order valence-corrected chi connectivity index (χ2v) is 12.1. The first-order valence-corrected chi connectivity index (χ1v) is 16.3. The van der Waals surface area contributed by atoms with Gasteiger partial charge < -0.3 is 13.7 Å². The van der Waals surface area contributed by atoms with Gasteiger partial charge in [0.1, 0.15) is 5.82 Å². The molecule has 6 heteroatoms. The summed E-state index contributed by atoms with van der Waals surface area (Å²) in [7, 11) is 0. The number of ether oxygens (including phenoxy) is 1. The molecular formula is C44H26N4OPt. The quantitative estimate of drug-likeness (QED) is 0.128. The number of benzene rings is 6. The smallest absolute Gasteiger partial charge is 0.503 e. The van der Waals surface area contributed by atoms with Crippen LogP contribution in [0.1, 0.15) is 0 Å².